The highest BCUT2D eigenvalue weighted by Gasteiger charge is 2.41. The minimum absolute atomic E-state index is 0.00972. The first-order valence-corrected chi connectivity index (χ1v) is 6.90. The fraction of sp³-hybridized carbons (Fsp3) is 0.846. The van der Waals surface area contributed by atoms with E-state index in [1.165, 1.54) is 0 Å². The van der Waals surface area contributed by atoms with Crippen molar-refractivity contribution >= 4 is 11.8 Å². The SMILES string of the molecule is O=C(NCCCCCO)C1CC(=O)N(C2CC2)C1. The van der Waals surface area contributed by atoms with Crippen LogP contribution >= 0.6 is 0 Å². The molecule has 0 aromatic carbocycles. The second-order valence-corrected chi connectivity index (χ2v) is 5.25. The van der Waals surface area contributed by atoms with Gasteiger partial charge in [-0.3, -0.25) is 9.59 Å². The standard InChI is InChI=1S/C13H22N2O3/c16-7-3-1-2-6-14-13(18)10-8-12(17)15(9-10)11-4-5-11/h10-11,16H,1-9H2,(H,14,18). The van der Waals surface area contributed by atoms with Crippen molar-refractivity contribution in [3.63, 3.8) is 0 Å². The van der Waals surface area contributed by atoms with E-state index in [4.69, 9.17) is 5.11 Å². The third-order valence-electron chi connectivity index (χ3n) is 3.65. The van der Waals surface area contributed by atoms with Crippen molar-refractivity contribution in [3.05, 3.63) is 0 Å². The van der Waals surface area contributed by atoms with Crippen molar-refractivity contribution in [2.75, 3.05) is 19.7 Å². The number of nitrogens with one attached hydrogen (secondary N) is 1. The molecule has 2 fully saturated rings. The lowest BCUT2D eigenvalue weighted by Crippen LogP contribution is -2.34. The number of hydrogen-bond acceptors (Lipinski definition) is 3. The van der Waals surface area contributed by atoms with Gasteiger partial charge in [0.1, 0.15) is 0 Å². The molecule has 0 bridgehead atoms. The molecule has 2 N–H and O–H groups in total. The Labute approximate surface area is 108 Å². The quantitative estimate of drug-likeness (QED) is 0.641. The average Bonchev–Trinajstić information content (AvgIpc) is 3.12. The van der Waals surface area contributed by atoms with Gasteiger partial charge in [0.05, 0.1) is 5.92 Å². The summed E-state index contributed by atoms with van der Waals surface area (Å²) in [5.41, 5.74) is 0. The Morgan fingerprint density at radius 1 is 1.33 bits per heavy atom. The van der Waals surface area contributed by atoms with Gasteiger partial charge in [0.15, 0.2) is 0 Å². The van der Waals surface area contributed by atoms with Crippen LogP contribution < -0.4 is 5.32 Å². The van der Waals surface area contributed by atoms with Crippen LogP contribution in [0.4, 0.5) is 0 Å². The van der Waals surface area contributed by atoms with Crippen LogP contribution in [0.5, 0.6) is 0 Å². The van der Waals surface area contributed by atoms with Crippen molar-refractivity contribution in [2.45, 2.75) is 44.6 Å². The summed E-state index contributed by atoms with van der Waals surface area (Å²) in [4.78, 5) is 25.4. The Morgan fingerprint density at radius 3 is 2.78 bits per heavy atom. The van der Waals surface area contributed by atoms with Crippen LogP contribution in [0.3, 0.4) is 0 Å². The van der Waals surface area contributed by atoms with E-state index in [9.17, 15) is 9.59 Å². The average molecular weight is 254 g/mol. The first-order chi connectivity index (χ1) is 8.72. The number of likely N-dealkylation sites (tertiary alicyclic amines) is 1. The molecule has 1 aliphatic carbocycles. The summed E-state index contributed by atoms with van der Waals surface area (Å²) in [6.45, 7) is 1.46. The molecule has 0 aromatic rings. The molecule has 1 saturated carbocycles. The summed E-state index contributed by atoms with van der Waals surface area (Å²) < 4.78 is 0. The smallest absolute Gasteiger partial charge is 0.225 e. The Bertz CT molecular complexity index is 315. The Balaban J connectivity index is 1.65. The van der Waals surface area contributed by atoms with Crippen molar-refractivity contribution in [2.24, 2.45) is 5.92 Å². The van der Waals surface area contributed by atoms with Gasteiger partial charge in [0.25, 0.3) is 0 Å². The van der Waals surface area contributed by atoms with Gasteiger partial charge in [-0.15, -0.1) is 0 Å². The molecule has 5 nitrogen and oxygen atoms in total. The minimum atomic E-state index is -0.157. The van der Waals surface area contributed by atoms with Crippen molar-refractivity contribution in [1.82, 2.24) is 10.2 Å². The summed E-state index contributed by atoms with van der Waals surface area (Å²) in [5.74, 6) is -0.00984. The number of nitrogens with zero attached hydrogens (tertiary/aromatic N) is 1. The van der Waals surface area contributed by atoms with Crippen LogP contribution in [-0.4, -0.2) is 47.6 Å². The molecule has 1 saturated heterocycles. The molecule has 1 atom stereocenters. The highest BCUT2D eigenvalue weighted by Crippen LogP contribution is 2.32. The Hall–Kier alpha value is -1.10. The van der Waals surface area contributed by atoms with E-state index in [0.717, 1.165) is 32.1 Å². The molecule has 18 heavy (non-hydrogen) atoms. The van der Waals surface area contributed by atoms with Gasteiger partial charge < -0.3 is 15.3 Å². The number of hydrogen-bond donors (Lipinski definition) is 2. The number of rotatable bonds is 7. The van der Waals surface area contributed by atoms with Gasteiger partial charge in [0, 0.05) is 32.2 Å². The maximum absolute atomic E-state index is 11.9. The van der Waals surface area contributed by atoms with Crippen LogP contribution in [0, 0.1) is 5.92 Å². The van der Waals surface area contributed by atoms with E-state index < -0.39 is 0 Å². The molecular formula is C13H22N2O3. The number of aliphatic hydroxyl groups excluding tert-OH is 1. The molecule has 1 unspecified atom stereocenters. The van der Waals surface area contributed by atoms with Crippen LogP contribution in [0.25, 0.3) is 0 Å². The lowest BCUT2D eigenvalue weighted by molar-refractivity contribution is -0.129. The molecule has 2 amide bonds. The molecule has 0 spiro atoms. The first kappa shape index (κ1) is 13.3. The Morgan fingerprint density at radius 2 is 2.11 bits per heavy atom. The molecule has 0 aromatic heterocycles. The van der Waals surface area contributed by atoms with Crippen molar-refractivity contribution in [1.29, 1.82) is 0 Å². The summed E-state index contributed by atoms with van der Waals surface area (Å²) in [7, 11) is 0. The van der Waals surface area contributed by atoms with Gasteiger partial charge in [-0.25, -0.2) is 0 Å². The predicted octanol–water partition coefficient (Wildman–Crippen LogP) is 0.276. The lowest BCUT2D eigenvalue weighted by Gasteiger charge is -2.15. The third kappa shape index (κ3) is 3.45. The highest BCUT2D eigenvalue weighted by molar-refractivity contribution is 5.89. The predicted molar refractivity (Wildman–Crippen MR) is 66.8 cm³/mol. The largest absolute Gasteiger partial charge is 0.396 e. The lowest BCUT2D eigenvalue weighted by atomic mass is 10.1. The van der Waals surface area contributed by atoms with E-state index >= 15 is 0 Å². The van der Waals surface area contributed by atoms with Crippen LogP contribution in [0.15, 0.2) is 0 Å². The van der Waals surface area contributed by atoms with Crippen LogP contribution in [0.1, 0.15) is 38.5 Å². The number of carbonyl (C=O) groups excluding carboxylic acids is 2. The fourth-order valence-corrected chi connectivity index (χ4v) is 2.42. The zero-order valence-corrected chi connectivity index (χ0v) is 10.7. The number of aliphatic hydroxyl groups is 1. The van der Waals surface area contributed by atoms with E-state index in [1.54, 1.807) is 0 Å². The minimum Gasteiger partial charge on any atom is -0.396 e. The molecule has 2 rings (SSSR count). The van der Waals surface area contributed by atoms with Gasteiger partial charge in [0.2, 0.25) is 11.8 Å². The molecule has 102 valence electrons. The number of amides is 2. The maximum Gasteiger partial charge on any atom is 0.225 e. The van der Waals surface area contributed by atoms with E-state index in [0.29, 0.717) is 25.6 Å². The zero-order valence-electron chi connectivity index (χ0n) is 10.7. The molecule has 2 aliphatic rings. The van der Waals surface area contributed by atoms with Gasteiger partial charge in [-0.2, -0.15) is 0 Å². The van der Waals surface area contributed by atoms with Crippen molar-refractivity contribution < 1.29 is 14.7 Å². The highest BCUT2D eigenvalue weighted by atomic mass is 16.3. The Kier molecular flexibility index (Phi) is 4.58. The fourth-order valence-electron chi connectivity index (χ4n) is 2.42. The monoisotopic (exact) mass is 254 g/mol. The number of carbonyl (C=O) groups is 2. The second kappa shape index (κ2) is 6.18. The number of unbranched alkanes of at least 4 members (excludes halogenated alkanes) is 2. The summed E-state index contributed by atoms with van der Waals surface area (Å²) >= 11 is 0. The normalized spacial score (nSPS) is 23.5. The third-order valence-corrected chi connectivity index (χ3v) is 3.65. The van der Waals surface area contributed by atoms with Crippen LogP contribution in [-0.2, 0) is 9.59 Å². The summed E-state index contributed by atoms with van der Waals surface area (Å²) in [6, 6.07) is 0.417. The zero-order chi connectivity index (χ0) is 13.0. The van der Waals surface area contributed by atoms with Crippen LogP contribution in [0.2, 0.25) is 0 Å². The molecule has 1 aliphatic heterocycles. The van der Waals surface area contributed by atoms with E-state index in [2.05, 4.69) is 5.32 Å². The summed E-state index contributed by atoms with van der Waals surface area (Å²) in [5, 5.41) is 11.5. The molecule has 0 radical (unpaired) electrons. The maximum atomic E-state index is 11.9. The van der Waals surface area contributed by atoms with Gasteiger partial charge in [-0.05, 0) is 32.1 Å². The summed E-state index contributed by atoms with van der Waals surface area (Å²) in [6.07, 6.45) is 5.17. The van der Waals surface area contributed by atoms with Gasteiger partial charge in [-0.1, -0.05) is 0 Å². The molecular weight excluding hydrogens is 232 g/mol. The van der Waals surface area contributed by atoms with Crippen molar-refractivity contribution in [3.8, 4) is 0 Å². The molecule has 5 heteroatoms. The van der Waals surface area contributed by atoms with Gasteiger partial charge >= 0.3 is 0 Å². The first-order valence-electron chi connectivity index (χ1n) is 6.90. The molecule has 1 heterocycles. The second-order valence-electron chi connectivity index (χ2n) is 5.25. The topological polar surface area (TPSA) is 69.6 Å². The van der Waals surface area contributed by atoms with E-state index in [1.807, 2.05) is 4.90 Å². The van der Waals surface area contributed by atoms with E-state index in [-0.39, 0.29) is 24.3 Å².